The summed E-state index contributed by atoms with van der Waals surface area (Å²) in [6.45, 7) is 6.55. The molecule has 1 aliphatic rings. The van der Waals surface area contributed by atoms with Crippen LogP contribution >= 0.6 is 0 Å². The Kier molecular flexibility index (Phi) is 2.09. The molecule has 0 aliphatic heterocycles. The van der Waals surface area contributed by atoms with Crippen LogP contribution in [0.2, 0.25) is 1.57 Å². The molecule has 0 heterocycles. The molecular formula is C8H11Er+2. The van der Waals surface area contributed by atoms with Crippen LogP contribution in [0.25, 0.3) is 0 Å². The van der Waals surface area contributed by atoms with Crippen molar-refractivity contribution in [3.8, 4) is 0 Å². The third kappa shape index (κ3) is 1.41. The van der Waals surface area contributed by atoms with E-state index >= 15 is 0 Å². The van der Waals surface area contributed by atoms with Crippen molar-refractivity contribution in [3.63, 3.8) is 0 Å². The Morgan fingerprint density at radius 3 is 2.11 bits per heavy atom. The van der Waals surface area contributed by atoms with Gasteiger partial charge in [0.05, 0.1) is 0 Å². The monoisotopic (exact) mass is 273 g/mol. The molecule has 0 aromatic heterocycles. The molecule has 0 saturated heterocycles. The third-order valence-corrected chi connectivity index (χ3v) is 2.93. The third-order valence-electron chi connectivity index (χ3n) is 1.92. The fraction of sp³-hybridized carbons (Fsp3) is 0.500. The van der Waals surface area contributed by atoms with E-state index in [2.05, 4.69) is 68.3 Å². The Morgan fingerprint density at radius 2 is 2.00 bits per heavy atom. The molecule has 9 heavy (non-hydrogen) atoms. The Bertz CT molecular complexity index is 185. The van der Waals surface area contributed by atoms with Crippen LogP contribution in [0.1, 0.15) is 20.8 Å². The molecule has 1 atom stereocenters. The zero-order valence-electron chi connectivity index (χ0n) is 5.94. The van der Waals surface area contributed by atoms with Gasteiger partial charge in [-0.25, -0.2) is 0 Å². The molecule has 0 bridgehead atoms. The van der Waals surface area contributed by atoms with Crippen LogP contribution in [0.5, 0.6) is 0 Å². The van der Waals surface area contributed by atoms with Gasteiger partial charge in [0.25, 0.3) is 0 Å². The maximum atomic E-state index is 2.85. The van der Waals surface area contributed by atoms with Gasteiger partial charge in [-0.15, -0.1) is 0 Å². The van der Waals surface area contributed by atoms with Crippen molar-refractivity contribution >= 4 is 0 Å². The minimum absolute atomic E-state index is 0.240. The molecule has 0 amide bonds. The zero-order valence-corrected chi connectivity index (χ0v) is 7.80. The predicted molar refractivity (Wildman–Crippen MR) is 35.9 cm³/mol. The summed E-state index contributed by atoms with van der Waals surface area (Å²) in [4.78, 5) is 0. The van der Waals surface area contributed by atoms with Crippen molar-refractivity contribution in [2.75, 3.05) is 0 Å². The summed E-state index contributed by atoms with van der Waals surface area (Å²) >= 11 is 2.85. The molecule has 1 unspecified atom stereocenters. The van der Waals surface area contributed by atoms with Gasteiger partial charge in [0.15, 0.2) is 0 Å². The van der Waals surface area contributed by atoms with E-state index < -0.39 is 0 Å². The first kappa shape index (κ1) is 7.83. The van der Waals surface area contributed by atoms with Crippen LogP contribution in [-0.2, 0) is 0 Å². The normalized spacial score (nSPS) is 34.3. The fourth-order valence-corrected chi connectivity index (χ4v) is 1.41. The molecule has 0 radical (unpaired) electrons. The first-order chi connectivity index (χ1) is 4.04. The minimum atomic E-state index is 0.240. The summed E-state index contributed by atoms with van der Waals surface area (Å²) in [5.41, 5.74) is 2.88. The molecule has 1 heteroatoms. The van der Waals surface area contributed by atoms with E-state index in [-0.39, 0.29) is 1.57 Å². The summed E-state index contributed by atoms with van der Waals surface area (Å²) in [6.07, 6.45) is 4.41. The maximum absolute atomic E-state index is 2.85. The summed E-state index contributed by atoms with van der Waals surface area (Å²) < 4.78 is 0.240. The van der Waals surface area contributed by atoms with Crippen LogP contribution < -0.4 is 0 Å². The Hall–Kier alpha value is 0.727. The molecule has 0 fully saturated rings. The first-order valence-electron chi connectivity index (χ1n) is 3.06. The van der Waals surface area contributed by atoms with Crippen LogP contribution in [0.15, 0.2) is 23.3 Å². The van der Waals surface area contributed by atoms with Gasteiger partial charge in [-0.05, 0) is 0 Å². The second kappa shape index (κ2) is 2.40. The van der Waals surface area contributed by atoms with Crippen molar-refractivity contribution in [1.82, 2.24) is 0 Å². The van der Waals surface area contributed by atoms with Crippen LogP contribution in [-0.4, -0.2) is 0 Å². The fourth-order valence-electron chi connectivity index (χ4n) is 0.892. The molecule has 0 spiro atoms. The SMILES string of the molecule is CC1=C(C)[C](C)([Er+2])C=C1. The van der Waals surface area contributed by atoms with E-state index in [1.807, 2.05) is 0 Å². The molecular weight excluding hydrogens is 263 g/mol. The summed E-state index contributed by atoms with van der Waals surface area (Å²) in [7, 11) is 0. The van der Waals surface area contributed by atoms with Crippen molar-refractivity contribution in [2.45, 2.75) is 22.3 Å². The summed E-state index contributed by atoms with van der Waals surface area (Å²) in [6, 6.07) is 0. The van der Waals surface area contributed by atoms with Crippen LogP contribution in [0.3, 0.4) is 0 Å². The first-order valence-corrected chi connectivity index (χ1v) is 3.98. The van der Waals surface area contributed by atoms with Gasteiger partial charge in [-0.3, -0.25) is 0 Å². The molecule has 0 aromatic carbocycles. The van der Waals surface area contributed by atoms with Gasteiger partial charge in [0.1, 0.15) is 0 Å². The van der Waals surface area contributed by atoms with Crippen molar-refractivity contribution in [1.29, 1.82) is 0 Å². The van der Waals surface area contributed by atoms with Crippen molar-refractivity contribution < 1.29 is 35.4 Å². The van der Waals surface area contributed by atoms with E-state index in [4.69, 9.17) is 0 Å². The number of rotatable bonds is 0. The van der Waals surface area contributed by atoms with E-state index in [0.29, 0.717) is 0 Å². The number of allylic oxidation sites excluding steroid dienone is 4. The number of hydrogen-bond donors (Lipinski definition) is 0. The molecule has 0 saturated carbocycles. The number of hydrogen-bond acceptors (Lipinski definition) is 0. The average molecular weight is 274 g/mol. The van der Waals surface area contributed by atoms with E-state index in [1.165, 1.54) is 11.1 Å². The standard InChI is InChI=1S/C8H11.Er/c1-6-4-5-7(2)8(6)3;/h4-5H,1-3H3;/q;+2. The molecule has 53 valence electrons. The van der Waals surface area contributed by atoms with Gasteiger partial charge in [0, 0.05) is 0 Å². The van der Waals surface area contributed by atoms with Gasteiger partial charge in [-0.1, -0.05) is 0 Å². The molecule has 0 nitrogen and oxygen atoms in total. The van der Waals surface area contributed by atoms with Crippen LogP contribution in [0.4, 0.5) is 0 Å². The van der Waals surface area contributed by atoms with E-state index in [9.17, 15) is 0 Å². The Balaban J connectivity index is 3.01. The Morgan fingerprint density at radius 1 is 1.44 bits per heavy atom. The second-order valence-electron chi connectivity index (χ2n) is 2.62. The average Bonchev–Trinajstić information content (AvgIpc) is 1.97. The van der Waals surface area contributed by atoms with Gasteiger partial charge in [0.2, 0.25) is 0 Å². The van der Waals surface area contributed by atoms with Gasteiger partial charge in [-0.2, -0.15) is 0 Å². The second-order valence-corrected chi connectivity index (χ2v) is 4.55. The molecule has 1 rings (SSSR count). The molecule has 0 aromatic rings. The van der Waals surface area contributed by atoms with E-state index in [0.717, 1.165) is 0 Å². The molecule has 1 aliphatic carbocycles. The topological polar surface area (TPSA) is 0 Å². The van der Waals surface area contributed by atoms with Crippen molar-refractivity contribution in [2.24, 2.45) is 0 Å². The van der Waals surface area contributed by atoms with Crippen molar-refractivity contribution in [3.05, 3.63) is 23.3 Å². The summed E-state index contributed by atoms with van der Waals surface area (Å²) in [5.74, 6) is 0. The zero-order chi connectivity index (χ0) is 7.07. The molecule has 0 N–H and O–H groups in total. The quantitative estimate of drug-likeness (QED) is 0.637. The van der Waals surface area contributed by atoms with Gasteiger partial charge >= 0.3 is 81.0 Å². The Labute approximate surface area is 80.3 Å². The van der Waals surface area contributed by atoms with Gasteiger partial charge < -0.3 is 0 Å². The predicted octanol–water partition coefficient (Wildman–Crippen LogP) is 2.62. The van der Waals surface area contributed by atoms with E-state index in [1.54, 1.807) is 0 Å². The van der Waals surface area contributed by atoms with Crippen LogP contribution in [0, 0.1) is 35.4 Å². The summed E-state index contributed by atoms with van der Waals surface area (Å²) in [5, 5.41) is 0.